The normalized spacial score (nSPS) is 15.4. The average molecular weight is 843 g/mol. The fourth-order valence-corrected chi connectivity index (χ4v) is 11.5. The number of benzene rings is 9. The van der Waals surface area contributed by atoms with Crippen molar-refractivity contribution in [2.75, 3.05) is 4.90 Å². The van der Waals surface area contributed by atoms with Gasteiger partial charge in [-0.25, -0.2) is 0 Å². The van der Waals surface area contributed by atoms with Crippen molar-refractivity contribution in [3.05, 3.63) is 287 Å². The van der Waals surface area contributed by atoms with Gasteiger partial charge in [-0.05, 0) is 123 Å². The minimum Gasteiger partial charge on any atom is -0.310 e. The van der Waals surface area contributed by atoms with Gasteiger partial charge in [0, 0.05) is 45.0 Å². The average Bonchev–Trinajstić information content (AvgIpc) is 4.07. The summed E-state index contributed by atoms with van der Waals surface area (Å²) in [5, 5.41) is 2.47. The highest BCUT2D eigenvalue weighted by molar-refractivity contribution is 6.14. The van der Waals surface area contributed by atoms with E-state index in [1.165, 1.54) is 83.0 Å². The van der Waals surface area contributed by atoms with E-state index in [0.717, 1.165) is 35.6 Å². The lowest BCUT2D eigenvalue weighted by Crippen LogP contribution is -2.28. The van der Waals surface area contributed by atoms with E-state index in [4.69, 9.17) is 0 Å². The highest BCUT2D eigenvalue weighted by Gasteiger charge is 2.46. The molecule has 9 aromatic carbocycles. The molecular formula is C64H46N2. The number of para-hydroxylation sites is 1. The summed E-state index contributed by atoms with van der Waals surface area (Å²) in [6, 6.07) is 81.3. The standard InChI is InChI=1S/C64H46N2/c1-6-18-44(19-7-1)45-30-32-50(33-31-45)65(52-34-36-56-55-28-16-17-29-60(55)64(61(56)43-52,47-22-10-3-11-23-47)48-24-12-4-13-25-48)51-35-41-62-59(42-51)58-40-38-54-53(46-20-8-2-9-21-46)37-39-57(54)63(58)66(62)49-26-14-5-15-27-49/h1-6,8-18,20-43,53H,7,19H2. The third-order valence-corrected chi connectivity index (χ3v) is 14.4. The highest BCUT2D eigenvalue weighted by Crippen LogP contribution is 2.57. The third-order valence-electron chi connectivity index (χ3n) is 14.4. The van der Waals surface area contributed by atoms with Crippen molar-refractivity contribution in [1.29, 1.82) is 0 Å². The molecule has 0 saturated carbocycles. The summed E-state index contributed by atoms with van der Waals surface area (Å²) in [5.74, 6) is 0.215. The van der Waals surface area contributed by atoms with Crippen LogP contribution in [0.3, 0.4) is 0 Å². The van der Waals surface area contributed by atoms with Crippen LogP contribution in [-0.4, -0.2) is 4.57 Å². The molecule has 0 bridgehead atoms. The minimum absolute atomic E-state index is 0.215. The van der Waals surface area contributed by atoms with Crippen molar-refractivity contribution in [3.63, 3.8) is 0 Å². The molecule has 10 aromatic rings. The highest BCUT2D eigenvalue weighted by atomic mass is 15.1. The summed E-state index contributed by atoms with van der Waals surface area (Å²) in [5.41, 5.74) is 20.7. The molecule has 0 saturated heterocycles. The van der Waals surface area contributed by atoms with Gasteiger partial charge in [0.15, 0.2) is 0 Å². The lowest BCUT2D eigenvalue weighted by molar-refractivity contribution is 0.768. The number of allylic oxidation sites excluding steroid dienone is 5. The molecule has 66 heavy (non-hydrogen) atoms. The van der Waals surface area contributed by atoms with Crippen molar-refractivity contribution in [2.45, 2.75) is 24.2 Å². The van der Waals surface area contributed by atoms with Crippen LogP contribution in [0.4, 0.5) is 17.1 Å². The zero-order valence-corrected chi connectivity index (χ0v) is 36.6. The Morgan fingerprint density at radius 1 is 0.515 bits per heavy atom. The number of hydrogen-bond acceptors (Lipinski definition) is 1. The van der Waals surface area contributed by atoms with Crippen LogP contribution < -0.4 is 4.90 Å². The molecule has 0 N–H and O–H groups in total. The Morgan fingerprint density at radius 2 is 1.15 bits per heavy atom. The van der Waals surface area contributed by atoms with Crippen molar-refractivity contribution >= 4 is 50.5 Å². The maximum atomic E-state index is 2.48. The van der Waals surface area contributed by atoms with Crippen LogP contribution in [0.25, 0.3) is 50.3 Å². The second-order valence-electron chi connectivity index (χ2n) is 17.9. The topological polar surface area (TPSA) is 8.17 Å². The molecule has 1 unspecified atom stereocenters. The zero-order chi connectivity index (χ0) is 43.6. The molecular weight excluding hydrogens is 797 g/mol. The maximum absolute atomic E-state index is 2.48. The second kappa shape index (κ2) is 15.5. The Hall–Kier alpha value is -8.20. The molecule has 0 amide bonds. The van der Waals surface area contributed by atoms with Crippen LogP contribution >= 0.6 is 0 Å². The van der Waals surface area contributed by atoms with Crippen LogP contribution in [0.1, 0.15) is 63.3 Å². The number of fused-ring (bicyclic) bond motifs is 8. The van der Waals surface area contributed by atoms with Gasteiger partial charge in [-0.2, -0.15) is 0 Å². The lowest BCUT2D eigenvalue weighted by atomic mass is 9.67. The summed E-state index contributed by atoms with van der Waals surface area (Å²) in [4.78, 5) is 2.48. The molecule has 2 nitrogen and oxygen atoms in total. The summed E-state index contributed by atoms with van der Waals surface area (Å²) >= 11 is 0. The fourth-order valence-electron chi connectivity index (χ4n) is 11.5. The van der Waals surface area contributed by atoms with Gasteiger partial charge in [0.1, 0.15) is 0 Å². The molecule has 1 aromatic heterocycles. The molecule has 0 spiro atoms. The number of hydrogen-bond donors (Lipinski definition) is 0. The summed E-state index contributed by atoms with van der Waals surface area (Å²) in [6.45, 7) is 0. The van der Waals surface area contributed by atoms with Crippen molar-refractivity contribution in [1.82, 2.24) is 4.57 Å². The zero-order valence-electron chi connectivity index (χ0n) is 36.6. The van der Waals surface area contributed by atoms with Gasteiger partial charge in [-0.15, -0.1) is 0 Å². The molecule has 3 aliphatic carbocycles. The van der Waals surface area contributed by atoms with Crippen LogP contribution in [0, 0.1) is 0 Å². The van der Waals surface area contributed by atoms with Crippen molar-refractivity contribution < 1.29 is 0 Å². The molecule has 1 atom stereocenters. The Morgan fingerprint density at radius 3 is 1.88 bits per heavy atom. The quantitative estimate of drug-likeness (QED) is 0.148. The Labute approximate surface area is 386 Å². The number of aromatic nitrogens is 1. The molecule has 312 valence electrons. The first-order chi connectivity index (χ1) is 32.8. The monoisotopic (exact) mass is 842 g/mol. The van der Waals surface area contributed by atoms with E-state index in [9.17, 15) is 0 Å². The van der Waals surface area contributed by atoms with E-state index in [1.807, 2.05) is 0 Å². The van der Waals surface area contributed by atoms with Crippen molar-refractivity contribution in [3.8, 4) is 16.8 Å². The Kier molecular flexibility index (Phi) is 8.99. The van der Waals surface area contributed by atoms with Gasteiger partial charge >= 0.3 is 0 Å². The van der Waals surface area contributed by atoms with E-state index in [0.29, 0.717) is 0 Å². The van der Waals surface area contributed by atoms with Crippen LogP contribution in [0.2, 0.25) is 0 Å². The first-order valence-corrected chi connectivity index (χ1v) is 23.3. The van der Waals surface area contributed by atoms with E-state index in [2.05, 4.69) is 258 Å². The Bertz CT molecular complexity index is 3520. The summed E-state index contributed by atoms with van der Waals surface area (Å²) < 4.78 is 2.48. The molecule has 1 heterocycles. The fraction of sp³-hybridized carbons (Fsp3) is 0.0625. The van der Waals surface area contributed by atoms with Crippen LogP contribution in [-0.2, 0) is 5.41 Å². The van der Waals surface area contributed by atoms with Crippen molar-refractivity contribution in [2.24, 2.45) is 0 Å². The van der Waals surface area contributed by atoms with E-state index in [1.54, 1.807) is 0 Å². The summed E-state index contributed by atoms with van der Waals surface area (Å²) in [6.07, 6.45) is 13.6. The summed E-state index contributed by atoms with van der Waals surface area (Å²) in [7, 11) is 0. The van der Waals surface area contributed by atoms with Gasteiger partial charge in [-0.1, -0.05) is 194 Å². The molecule has 13 rings (SSSR count). The number of rotatable bonds is 8. The van der Waals surface area contributed by atoms with Crippen LogP contribution in [0.5, 0.6) is 0 Å². The first-order valence-electron chi connectivity index (χ1n) is 23.3. The lowest BCUT2D eigenvalue weighted by Gasteiger charge is -2.35. The molecule has 3 aliphatic rings. The molecule has 0 radical (unpaired) electrons. The van der Waals surface area contributed by atoms with Gasteiger partial charge in [0.05, 0.1) is 16.4 Å². The molecule has 0 aliphatic heterocycles. The maximum Gasteiger partial charge on any atom is 0.0714 e. The first kappa shape index (κ1) is 38.3. The van der Waals surface area contributed by atoms with Gasteiger partial charge in [0.2, 0.25) is 0 Å². The van der Waals surface area contributed by atoms with E-state index < -0.39 is 5.41 Å². The Balaban J connectivity index is 1.05. The number of anilines is 3. The molecule has 2 heteroatoms. The van der Waals surface area contributed by atoms with E-state index in [-0.39, 0.29) is 5.92 Å². The predicted octanol–water partition coefficient (Wildman–Crippen LogP) is 16.5. The second-order valence-corrected chi connectivity index (χ2v) is 17.9. The SMILES string of the molecule is C1=CCCC(c2ccc(N(c3ccc4c(c3)C(c3ccccc3)(c3ccccc3)c3ccccc3-4)c3ccc4c(c3)c3ccc5c(c3n4-c3ccccc3)C=CC5c3ccccc3)cc2)=C1. The van der Waals surface area contributed by atoms with E-state index >= 15 is 0 Å². The predicted molar refractivity (Wildman–Crippen MR) is 276 cm³/mol. The number of nitrogens with zero attached hydrogens (tertiary/aromatic N) is 2. The third kappa shape index (κ3) is 5.88. The minimum atomic E-state index is -0.514. The molecule has 0 fully saturated rings. The van der Waals surface area contributed by atoms with Gasteiger partial charge in [-0.3, -0.25) is 0 Å². The largest absolute Gasteiger partial charge is 0.310 e. The van der Waals surface area contributed by atoms with Gasteiger partial charge in [0.25, 0.3) is 0 Å². The van der Waals surface area contributed by atoms with Crippen LogP contribution in [0.15, 0.2) is 243 Å². The smallest absolute Gasteiger partial charge is 0.0714 e. The van der Waals surface area contributed by atoms with Gasteiger partial charge < -0.3 is 9.47 Å².